The van der Waals surface area contributed by atoms with Gasteiger partial charge in [-0.3, -0.25) is 14.6 Å². The van der Waals surface area contributed by atoms with Gasteiger partial charge in [-0.15, -0.1) is 0 Å². The molecule has 0 N–H and O–H groups in total. The number of rotatable bonds is 6. The van der Waals surface area contributed by atoms with E-state index in [9.17, 15) is 9.59 Å². The van der Waals surface area contributed by atoms with Gasteiger partial charge in [0.2, 0.25) is 5.91 Å². The van der Waals surface area contributed by atoms with Crippen LogP contribution in [0.2, 0.25) is 0 Å². The summed E-state index contributed by atoms with van der Waals surface area (Å²) in [5, 5.41) is 0. The molecule has 1 fully saturated rings. The molecule has 3 heterocycles. The lowest BCUT2D eigenvalue weighted by Crippen LogP contribution is -2.48. The Morgan fingerprint density at radius 1 is 1.00 bits per heavy atom. The number of hydrogen-bond donors (Lipinski definition) is 0. The Morgan fingerprint density at radius 3 is 2.46 bits per heavy atom. The van der Waals surface area contributed by atoms with Gasteiger partial charge in [-0.05, 0) is 43.9 Å². The van der Waals surface area contributed by atoms with Crippen molar-refractivity contribution < 1.29 is 14.3 Å². The fourth-order valence-corrected chi connectivity index (χ4v) is 5.72. The molecule has 2 aromatic carbocycles. The molecule has 37 heavy (non-hydrogen) atoms. The smallest absolute Gasteiger partial charge is 0.414 e. The maximum absolute atomic E-state index is 12.6. The van der Waals surface area contributed by atoms with Crippen LogP contribution in [-0.4, -0.2) is 77.2 Å². The molecule has 1 aromatic heterocycles. The molecule has 2 aliphatic rings. The molecular weight excluding hydrogens is 466 g/mol. The van der Waals surface area contributed by atoms with Gasteiger partial charge in [0.05, 0.1) is 23.8 Å². The first-order chi connectivity index (χ1) is 18.0. The Labute approximate surface area is 218 Å². The normalized spacial score (nSPS) is 18.2. The summed E-state index contributed by atoms with van der Waals surface area (Å²) in [5.41, 5.74) is 5.48. The molecule has 2 amide bonds. The minimum absolute atomic E-state index is 0.0886. The van der Waals surface area contributed by atoms with E-state index in [-0.39, 0.29) is 18.0 Å². The van der Waals surface area contributed by atoms with Gasteiger partial charge in [-0.2, -0.15) is 0 Å². The predicted molar refractivity (Wildman–Crippen MR) is 145 cm³/mol. The molecule has 3 aromatic rings. The number of ether oxygens (including phenoxy) is 1. The molecule has 2 aliphatic heterocycles. The van der Waals surface area contributed by atoms with Crippen LogP contribution in [0.25, 0.3) is 11.0 Å². The van der Waals surface area contributed by atoms with Crippen molar-refractivity contribution >= 4 is 28.7 Å². The second kappa shape index (κ2) is 10.9. The number of aromatic nitrogens is 2. The molecule has 8 nitrogen and oxygen atoms in total. The molecule has 0 aliphatic carbocycles. The number of imidazole rings is 1. The molecule has 0 saturated carbocycles. The first-order valence-corrected chi connectivity index (χ1v) is 13.4. The first kappa shape index (κ1) is 25.3. The van der Waals surface area contributed by atoms with Crippen LogP contribution in [0.4, 0.5) is 10.5 Å². The van der Waals surface area contributed by atoms with Gasteiger partial charge in [-0.25, -0.2) is 9.78 Å². The van der Waals surface area contributed by atoms with Crippen LogP contribution in [0.5, 0.6) is 0 Å². The molecule has 0 unspecified atom stereocenters. The van der Waals surface area contributed by atoms with E-state index in [0.717, 1.165) is 93.1 Å². The van der Waals surface area contributed by atoms with Crippen LogP contribution in [-0.2, 0) is 35.3 Å². The highest BCUT2D eigenvalue weighted by atomic mass is 16.5. The van der Waals surface area contributed by atoms with Gasteiger partial charge in [0.25, 0.3) is 0 Å². The SMILES string of the molecule is COC(=O)N1c2ccc3c(nc(CCc4ccccc4)n3CCN3CCN(C(C)=O)CC3)c2CC[C@@H]1C. The summed E-state index contributed by atoms with van der Waals surface area (Å²) in [6, 6.07) is 14.8. The lowest BCUT2D eigenvalue weighted by atomic mass is 9.96. The highest BCUT2D eigenvalue weighted by Gasteiger charge is 2.31. The van der Waals surface area contributed by atoms with Crippen molar-refractivity contribution in [2.75, 3.05) is 44.7 Å². The van der Waals surface area contributed by atoms with Gasteiger partial charge >= 0.3 is 6.09 Å². The number of aryl methyl sites for hydroxylation is 3. The topological polar surface area (TPSA) is 70.9 Å². The second-order valence-corrected chi connectivity index (χ2v) is 10.2. The molecular formula is C29H37N5O3. The monoisotopic (exact) mass is 503 g/mol. The third-order valence-corrected chi connectivity index (χ3v) is 7.90. The quantitative estimate of drug-likeness (QED) is 0.510. The lowest BCUT2D eigenvalue weighted by molar-refractivity contribution is -0.130. The highest BCUT2D eigenvalue weighted by Crippen LogP contribution is 2.36. The summed E-state index contributed by atoms with van der Waals surface area (Å²) in [7, 11) is 1.44. The Balaban J connectivity index is 1.45. The summed E-state index contributed by atoms with van der Waals surface area (Å²) >= 11 is 0. The van der Waals surface area contributed by atoms with Crippen LogP contribution in [0.15, 0.2) is 42.5 Å². The third kappa shape index (κ3) is 5.21. The predicted octanol–water partition coefficient (Wildman–Crippen LogP) is 3.89. The number of nitrogens with zero attached hydrogens (tertiary/aromatic N) is 5. The molecule has 0 bridgehead atoms. The van der Waals surface area contributed by atoms with E-state index < -0.39 is 0 Å². The Morgan fingerprint density at radius 2 is 1.76 bits per heavy atom. The van der Waals surface area contributed by atoms with Crippen molar-refractivity contribution in [2.24, 2.45) is 0 Å². The zero-order valence-electron chi connectivity index (χ0n) is 22.2. The van der Waals surface area contributed by atoms with Gasteiger partial charge in [0, 0.05) is 64.2 Å². The van der Waals surface area contributed by atoms with E-state index in [1.54, 1.807) is 11.8 Å². The Hall–Kier alpha value is -3.39. The highest BCUT2D eigenvalue weighted by molar-refractivity contribution is 5.95. The Kier molecular flexibility index (Phi) is 7.46. The van der Waals surface area contributed by atoms with Crippen LogP contribution in [0.3, 0.4) is 0 Å². The average molecular weight is 504 g/mol. The van der Waals surface area contributed by atoms with Crippen molar-refractivity contribution in [2.45, 2.75) is 52.1 Å². The van der Waals surface area contributed by atoms with Crippen LogP contribution in [0.1, 0.15) is 37.2 Å². The van der Waals surface area contributed by atoms with Gasteiger partial charge in [0.15, 0.2) is 0 Å². The number of benzene rings is 2. The molecule has 5 rings (SSSR count). The number of amides is 2. The van der Waals surface area contributed by atoms with Gasteiger partial charge in [-0.1, -0.05) is 30.3 Å². The van der Waals surface area contributed by atoms with Crippen LogP contribution < -0.4 is 4.90 Å². The minimum atomic E-state index is -0.318. The lowest BCUT2D eigenvalue weighted by Gasteiger charge is -2.34. The standard InChI is InChI=1S/C29H37N5O3/c1-21-9-11-24-25(34(21)29(36)37-3)12-13-26-28(24)30-27(14-10-23-7-5-4-6-8-23)33(26)20-17-31-15-18-32(19-16-31)22(2)35/h4-8,12-13,21H,9-11,14-20H2,1-3H3/t21-/m0/s1. The van der Waals surface area contributed by atoms with Gasteiger partial charge in [0.1, 0.15) is 5.82 Å². The van der Waals surface area contributed by atoms with E-state index >= 15 is 0 Å². The summed E-state index contributed by atoms with van der Waals surface area (Å²) in [5.74, 6) is 1.24. The van der Waals surface area contributed by atoms with E-state index in [4.69, 9.17) is 9.72 Å². The molecule has 1 saturated heterocycles. The van der Waals surface area contributed by atoms with E-state index in [0.29, 0.717) is 0 Å². The molecule has 0 radical (unpaired) electrons. The number of methoxy groups -OCH3 is 1. The molecule has 196 valence electrons. The van der Waals surface area contributed by atoms with Gasteiger partial charge < -0.3 is 14.2 Å². The second-order valence-electron chi connectivity index (χ2n) is 10.2. The maximum atomic E-state index is 12.6. The fraction of sp³-hybridized carbons (Fsp3) is 0.483. The molecule has 0 spiro atoms. The zero-order valence-corrected chi connectivity index (χ0v) is 22.2. The number of hydrogen-bond acceptors (Lipinski definition) is 5. The van der Waals surface area contributed by atoms with E-state index in [1.807, 2.05) is 11.0 Å². The van der Waals surface area contributed by atoms with E-state index in [1.165, 1.54) is 12.7 Å². The number of carbonyl (C=O) groups excluding carboxylic acids is 2. The first-order valence-electron chi connectivity index (χ1n) is 13.4. The van der Waals surface area contributed by atoms with E-state index in [2.05, 4.69) is 52.8 Å². The van der Waals surface area contributed by atoms with Crippen molar-refractivity contribution in [3.63, 3.8) is 0 Å². The van der Waals surface area contributed by atoms with Crippen LogP contribution >= 0.6 is 0 Å². The van der Waals surface area contributed by atoms with Crippen molar-refractivity contribution in [3.8, 4) is 0 Å². The van der Waals surface area contributed by atoms with Crippen molar-refractivity contribution in [1.29, 1.82) is 0 Å². The number of carbonyl (C=O) groups is 2. The zero-order chi connectivity index (χ0) is 25.9. The maximum Gasteiger partial charge on any atom is 0.414 e. The minimum Gasteiger partial charge on any atom is -0.452 e. The summed E-state index contributed by atoms with van der Waals surface area (Å²) < 4.78 is 7.48. The third-order valence-electron chi connectivity index (χ3n) is 7.90. The number of piperazine rings is 1. The molecule has 8 heteroatoms. The fourth-order valence-electron chi connectivity index (χ4n) is 5.72. The number of anilines is 1. The summed E-state index contributed by atoms with van der Waals surface area (Å²) in [4.78, 5) is 35.6. The number of fused-ring (bicyclic) bond motifs is 3. The largest absolute Gasteiger partial charge is 0.452 e. The Bertz CT molecular complexity index is 1260. The van der Waals surface area contributed by atoms with Crippen molar-refractivity contribution in [1.82, 2.24) is 19.4 Å². The van der Waals surface area contributed by atoms with Crippen molar-refractivity contribution in [3.05, 3.63) is 59.4 Å². The van der Waals surface area contributed by atoms with Crippen LogP contribution in [0, 0.1) is 0 Å². The average Bonchev–Trinajstić information content (AvgIpc) is 3.28. The summed E-state index contributed by atoms with van der Waals surface area (Å²) in [6.45, 7) is 8.84. The summed E-state index contributed by atoms with van der Waals surface area (Å²) in [6.07, 6.45) is 3.23. The molecule has 1 atom stereocenters.